The van der Waals surface area contributed by atoms with Gasteiger partial charge in [0.2, 0.25) is 0 Å². The Morgan fingerprint density at radius 1 is 1.21 bits per heavy atom. The molecule has 182 valence electrons. The fourth-order valence-electron chi connectivity index (χ4n) is 4.09. The summed E-state index contributed by atoms with van der Waals surface area (Å²) in [5.41, 5.74) is 3.93. The van der Waals surface area contributed by atoms with Crippen molar-refractivity contribution in [3.63, 3.8) is 0 Å². The van der Waals surface area contributed by atoms with Gasteiger partial charge in [-0.2, -0.15) is 0 Å². The van der Waals surface area contributed by atoms with Crippen molar-refractivity contribution in [1.82, 2.24) is 10.3 Å². The van der Waals surface area contributed by atoms with Crippen LogP contribution in [-0.2, 0) is 11.2 Å². The molecule has 3 N–H and O–H groups in total. The van der Waals surface area contributed by atoms with Crippen LogP contribution in [0.3, 0.4) is 0 Å². The molecule has 0 bridgehead atoms. The number of nitrogens with one attached hydrogen (secondary N) is 2. The summed E-state index contributed by atoms with van der Waals surface area (Å²) in [7, 11) is 0. The number of H-pyrrole nitrogens is 1. The first-order valence-corrected chi connectivity index (χ1v) is 12.0. The molecule has 1 unspecified atom stereocenters. The molecule has 34 heavy (non-hydrogen) atoms. The lowest BCUT2D eigenvalue weighted by Gasteiger charge is -2.26. The molecule has 4 nitrogen and oxygen atoms in total. The van der Waals surface area contributed by atoms with E-state index >= 15 is 0 Å². The number of aryl methyl sites for hydroxylation is 1. The quantitative estimate of drug-likeness (QED) is 0.264. The van der Waals surface area contributed by atoms with E-state index in [2.05, 4.69) is 49.3 Å². The summed E-state index contributed by atoms with van der Waals surface area (Å²) in [6.45, 7) is 9.50. The van der Waals surface area contributed by atoms with Crippen LogP contribution in [0.2, 0.25) is 10.0 Å². The molecule has 0 aliphatic carbocycles. The first-order valence-electron chi connectivity index (χ1n) is 11.3. The summed E-state index contributed by atoms with van der Waals surface area (Å²) in [5, 5.41) is 14.2. The Balaban J connectivity index is 2.22. The van der Waals surface area contributed by atoms with E-state index in [1.807, 2.05) is 0 Å². The van der Waals surface area contributed by atoms with Gasteiger partial charge < -0.3 is 15.4 Å². The van der Waals surface area contributed by atoms with E-state index in [1.54, 1.807) is 12.1 Å². The number of rotatable bonds is 9. The van der Waals surface area contributed by atoms with E-state index in [4.69, 9.17) is 28.3 Å². The lowest BCUT2D eigenvalue weighted by atomic mass is 9.93. The van der Waals surface area contributed by atoms with Crippen molar-refractivity contribution in [3.8, 4) is 0 Å². The second-order valence-electron chi connectivity index (χ2n) is 9.77. The summed E-state index contributed by atoms with van der Waals surface area (Å²) in [4.78, 5) is 14.5. The normalized spacial score (nSPS) is 13.3. The first-order chi connectivity index (χ1) is 15.9. The number of hydrogen-bond donors (Lipinski definition) is 3. The molecule has 0 saturated heterocycles. The Kier molecular flexibility index (Phi) is 8.12. The molecule has 2 aromatic carbocycles. The molecule has 1 heterocycles. The first kappa shape index (κ1) is 26.3. The van der Waals surface area contributed by atoms with Gasteiger partial charge in [-0.1, -0.05) is 48.7 Å². The van der Waals surface area contributed by atoms with Crippen LogP contribution in [0.25, 0.3) is 17.0 Å². The minimum absolute atomic E-state index is 0.0838. The third kappa shape index (κ3) is 6.41. The number of fused-ring (bicyclic) bond motifs is 1. The fourth-order valence-corrected chi connectivity index (χ4v) is 4.82. The molecule has 0 radical (unpaired) electrons. The second-order valence-corrected chi connectivity index (χ2v) is 10.6. The average Bonchev–Trinajstić information content (AvgIpc) is 3.04. The van der Waals surface area contributed by atoms with Crippen LogP contribution >= 0.6 is 23.2 Å². The van der Waals surface area contributed by atoms with Gasteiger partial charge in [-0.3, -0.25) is 0 Å². The zero-order valence-corrected chi connectivity index (χ0v) is 21.6. The van der Waals surface area contributed by atoms with Crippen molar-refractivity contribution in [2.24, 2.45) is 5.92 Å². The minimum Gasteiger partial charge on any atom is -0.478 e. The van der Waals surface area contributed by atoms with Crippen LogP contribution in [-0.4, -0.2) is 28.3 Å². The number of alkyl halides is 1. The van der Waals surface area contributed by atoms with Crippen molar-refractivity contribution in [2.45, 2.75) is 52.8 Å². The van der Waals surface area contributed by atoms with Crippen molar-refractivity contribution in [3.05, 3.63) is 74.4 Å². The molecule has 0 amide bonds. The molecule has 0 fully saturated rings. The Labute approximate surface area is 210 Å². The lowest BCUT2D eigenvalue weighted by Crippen LogP contribution is -2.35. The molecule has 0 aliphatic heterocycles. The summed E-state index contributed by atoms with van der Waals surface area (Å²) < 4.78 is 14.6. The van der Waals surface area contributed by atoms with Crippen molar-refractivity contribution in [2.75, 3.05) is 6.54 Å². The molecule has 0 spiro atoms. The number of halogens is 3. The van der Waals surface area contributed by atoms with E-state index in [1.165, 1.54) is 19.9 Å². The van der Waals surface area contributed by atoms with Gasteiger partial charge in [-0.25, -0.2) is 9.18 Å². The maximum atomic E-state index is 14.6. The second kappa shape index (κ2) is 10.5. The van der Waals surface area contributed by atoms with Crippen molar-refractivity contribution in [1.29, 1.82) is 0 Å². The van der Waals surface area contributed by atoms with Crippen molar-refractivity contribution >= 4 is 46.2 Å². The smallest absolute Gasteiger partial charge is 0.328 e. The van der Waals surface area contributed by atoms with E-state index < -0.39 is 17.7 Å². The van der Waals surface area contributed by atoms with E-state index in [0.29, 0.717) is 27.1 Å². The molecular weight excluding hydrogens is 474 g/mol. The molecule has 0 aliphatic rings. The summed E-state index contributed by atoms with van der Waals surface area (Å²) in [6.07, 6.45) is 3.29. The topological polar surface area (TPSA) is 65.1 Å². The maximum absolute atomic E-state index is 14.6. The summed E-state index contributed by atoms with van der Waals surface area (Å²) >= 11 is 13.4. The molecule has 3 aromatic rings. The Morgan fingerprint density at radius 3 is 2.41 bits per heavy atom. The van der Waals surface area contributed by atoms with Crippen molar-refractivity contribution < 1.29 is 14.3 Å². The van der Waals surface area contributed by atoms with Gasteiger partial charge in [0, 0.05) is 44.8 Å². The number of carboxylic acids is 1. The third-order valence-corrected chi connectivity index (χ3v) is 6.16. The number of carbonyl (C=O) groups is 1. The molecule has 3 rings (SSSR count). The Hall–Kier alpha value is -2.34. The number of aliphatic carboxylic acids is 1. The maximum Gasteiger partial charge on any atom is 0.328 e. The Bertz CT molecular complexity index is 1200. The summed E-state index contributed by atoms with van der Waals surface area (Å²) in [6, 6.07) is 9.12. The molecule has 1 aromatic heterocycles. The largest absolute Gasteiger partial charge is 0.478 e. The van der Waals surface area contributed by atoms with Crippen LogP contribution in [0.5, 0.6) is 0 Å². The van der Waals surface area contributed by atoms with Gasteiger partial charge in [-0.05, 0) is 74.6 Å². The SMILES string of the molecule is Cc1ccc2[nH]c(C(NCC(C)(C)F)c3c(Cl)cc(/C=C/C(=O)O)cc3Cl)c(CC(C)C)c2c1. The van der Waals surface area contributed by atoms with Gasteiger partial charge in [0.25, 0.3) is 0 Å². The predicted molar refractivity (Wildman–Crippen MR) is 140 cm³/mol. The highest BCUT2D eigenvalue weighted by Crippen LogP contribution is 2.39. The number of carboxylic acid groups (broad SMARTS) is 1. The lowest BCUT2D eigenvalue weighted by molar-refractivity contribution is -0.131. The van der Waals surface area contributed by atoms with Gasteiger partial charge in [0.1, 0.15) is 5.67 Å². The zero-order valence-electron chi connectivity index (χ0n) is 20.1. The average molecular weight is 505 g/mol. The molecule has 1 atom stereocenters. The fraction of sp³-hybridized carbons (Fsp3) is 0.370. The van der Waals surface area contributed by atoms with Gasteiger partial charge in [0.05, 0.1) is 6.04 Å². The minimum atomic E-state index is -1.46. The zero-order chi connectivity index (χ0) is 25.2. The van der Waals surface area contributed by atoms with Gasteiger partial charge >= 0.3 is 5.97 Å². The van der Waals surface area contributed by atoms with E-state index in [0.717, 1.165) is 40.2 Å². The standard InChI is InChI=1S/C27H31Cl2FN2O2/c1-15(2)10-19-18-11-16(3)6-8-22(18)32-25(19)26(31-14-27(4,5)30)24-20(28)12-17(13-21(24)29)7-9-23(33)34/h6-9,11-13,15,26,31-32H,10,14H2,1-5H3,(H,33,34)/b9-7+. The third-order valence-electron chi connectivity index (χ3n) is 5.53. The summed E-state index contributed by atoms with van der Waals surface area (Å²) in [5.74, 6) is -0.668. The number of hydrogen-bond acceptors (Lipinski definition) is 2. The number of aromatic nitrogens is 1. The highest BCUT2D eigenvalue weighted by atomic mass is 35.5. The van der Waals surface area contributed by atoms with Gasteiger partial charge in [0.15, 0.2) is 0 Å². The highest BCUT2D eigenvalue weighted by molar-refractivity contribution is 6.36. The number of benzene rings is 2. The molecule has 7 heteroatoms. The van der Waals surface area contributed by atoms with Crippen LogP contribution in [0.4, 0.5) is 4.39 Å². The molecule has 0 saturated carbocycles. The van der Waals surface area contributed by atoms with Crippen LogP contribution < -0.4 is 5.32 Å². The predicted octanol–water partition coefficient (Wildman–Crippen LogP) is 7.51. The van der Waals surface area contributed by atoms with E-state index in [-0.39, 0.29) is 6.54 Å². The highest BCUT2D eigenvalue weighted by Gasteiger charge is 2.28. The van der Waals surface area contributed by atoms with Crippen LogP contribution in [0, 0.1) is 12.8 Å². The van der Waals surface area contributed by atoms with Crippen LogP contribution in [0.1, 0.15) is 61.7 Å². The monoisotopic (exact) mass is 504 g/mol. The van der Waals surface area contributed by atoms with Crippen LogP contribution in [0.15, 0.2) is 36.4 Å². The van der Waals surface area contributed by atoms with E-state index in [9.17, 15) is 9.18 Å². The molecular formula is C27H31Cl2FN2O2. The number of aromatic amines is 1. The Morgan fingerprint density at radius 2 is 1.85 bits per heavy atom. The van der Waals surface area contributed by atoms with Gasteiger partial charge in [-0.15, -0.1) is 0 Å².